The summed E-state index contributed by atoms with van der Waals surface area (Å²) in [6.07, 6.45) is 9.38. The van der Waals surface area contributed by atoms with E-state index in [2.05, 4.69) is 10.3 Å². The third-order valence-corrected chi connectivity index (χ3v) is 4.26. The summed E-state index contributed by atoms with van der Waals surface area (Å²) in [5.41, 5.74) is 1.09. The number of carbonyl (C=O) groups is 2. The highest BCUT2D eigenvalue weighted by molar-refractivity contribution is 5.78. The van der Waals surface area contributed by atoms with Crippen LogP contribution in [-0.2, 0) is 20.7 Å². The fraction of sp³-hybridized carbons (Fsp3) is 0.588. The summed E-state index contributed by atoms with van der Waals surface area (Å²) in [5, 5.41) is 3.04. The summed E-state index contributed by atoms with van der Waals surface area (Å²) in [5.74, 6) is -0.420. The van der Waals surface area contributed by atoms with Crippen molar-refractivity contribution in [3.8, 4) is 0 Å². The van der Waals surface area contributed by atoms with Crippen LogP contribution in [0.1, 0.15) is 44.1 Å². The molecule has 22 heavy (non-hydrogen) atoms. The molecule has 0 aliphatic heterocycles. The fourth-order valence-corrected chi connectivity index (χ4v) is 3.00. The van der Waals surface area contributed by atoms with Crippen LogP contribution in [0.25, 0.3) is 0 Å². The number of ether oxygens (including phenoxy) is 1. The van der Waals surface area contributed by atoms with Crippen molar-refractivity contribution < 1.29 is 14.3 Å². The Morgan fingerprint density at radius 1 is 1.23 bits per heavy atom. The fourth-order valence-electron chi connectivity index (χ4n) is 3.00. The minimum Gasteiger partial charge on any atom is -0.469 e. The molecule has 1 aliphatic carbocycles. The molecular weight excluding hydrogens is 280 g/mol. The van der Waals surface area contributed by atoms with Gasteiger partial charge in [-0.3, -0.25) is 14.6 Å². The number of nitrogens with one attached hydrogen (secondary N) is 1. The van der Waals surface area contributed by atoms with Gasteiger partial charge in [0.1, 0.15) is 0 Å². The van der Waals surface area contributed by atoms with Crippen LogP contribution in [0.15, 0.2) is 24.5 Å². The van der Waals surface area contributed by atoms with E-state index in [4.69, 9.17) is 4.74 Å². The van der Waals surface area contributed by atoms with E-state index in [1.54, 1.807) is 12.4 Å². The van der Waals surface area contributed by atoms with Gasteiger partial charge in [0.05, 0.1) is 13.0 Å². The zero-order chi connectivity index (χ0) is 15.8. The summed E-state index contributed by atoms with van der Waals surface area (Å²) >= 11 is 0. The first-order chi connectivity index (χ1) is 10.7. The number of esters is 1. The first-order valence-electron chi connectivity index (χ1n) is 7.97. The van der Waals surface area contributed by atoms with E-state index < -0.39 is 0 Å². The molecule has 1 aromatic heterocycles. The second-order valence-electron chi connectivity index (χ2n) is 5.80. The van der Waals surface area contributed by atoms with Crippen LogP contribution < -0.4 is 5.32 Å². The Morgan fingerprint density at radius 2 is 1.95 bits per heavy atom. The molecule has 2 atom stereocenters. The predicted octanol–water partition coefficient (Wildman–Crippen LogP) is 2.25. The molecule has 0 bridgehead atoms. The maximum absolute atomic E-state index is 12.2. The molecule has 1 aliphatic rings. The quantitative estimate of drug-likeness (QED) is 0.669. The number of amides is 1. The second-order valence-corrected chi connectivity index (χ2v) is 5.80. The van der Waals surface area contributed by atoms with E-state index in [1.807, 2.05) is 12.1 Å². The average molecular weight is 304 g/mol. The van der Waals surface area contributed by atoms with Crippen LogP contribution in [0.4, 0.5) is 0 Å². The summed E-state index contributed by atoms with van der Waals surface area (Å²) in [6, 6.07) is 3.73. The highest BCUT2D eigenvalue weighted by atomic mass is 16.5. The van der Waals surface area contributed by atoms with Crippen molar-refractivity contribution in [1.82, 2.24) is 10.3 Å². The predicted molar refractivity (Wildman–Crippen MR) is 83.1 cm³/mol. The molecular formula is C17H24N2O3. The number of methoxy groups -OCH3 is 1. The van der Waals surface area contributed by atoms with Crippen molar-refractivity contribution >= 4 is 11.9 Å². The Bertz CT molecular complexity index is 490. The summed E-state index contributed by atoms with van der Waals surface area (Å²) in [7, 11) is 1.41. The van der Waals surface area contributed by atoms with Crippen LogP contribution in [0, 0.1) is 5.92 Å². The van der Waals surface area contributed by atoms with E-state index in [0.29, 0.717) is 12.8 Å². The first-order valence-corrected chi connectivity index (χ1v) is 7.97. The van der Waals surface area contributed by atoms with Crippen LogP contribution >= 0.6 is 0 Å². The third-order valence-electron chi connectivity index (χ3n) is 4.26. The third kappa shape index (κ3) is 4.83. The largest absolute Gasteiger partial charge is 0.469 e. The van der Waals surface area contributed by atoms with E-state index >= 15 is 0 Å². The average Bonchev–Trinajstić information content (AvgIpc) is 2.78. The van der Waals surface area contributed by atoms with Crippen molar-refractivity contribution in [1.29, 1.82) is 0 Å². The van der Waals surface area contributed by atoms with Gasteiger partial charge in [0.25, 0.3) is 0 Å². The Hall–Kier alpha value is -1.91. The molecule has 5 nitrogen and oxygen atoms in total. The highest BCUT2D eigenvalue weighted by Gasteiger charge is 2.31. The lowest BCUT2D eigenvalue weighted by Gasteiger charge is -2.24. The Morgan fingerprint density at radius 3 is 2.68 bits per heavy atom. The number of aryl methyl sites for hydroxylation is 1. The molecule has 5 heteroatoms. The molecule has 1 aromatic rings. The van der Waals surface area contributed by atoms with Crippen molar-refractivity contribution in [2.75, 3.05) is 7.11 Å². The van der Waals surface area contributed by atoms with E-state index in [9.17, 15) is 9.59 Å². The molecule has 0 aromatic carbocycles. The second kappa shape index (κ2) is 8.51. The zero-order valence-electron chi connectivity index (χ0n) is 13.1. The topological polar surface area (TPSA) is 68.3 Å². The highest BCUT2D eigenvalue weighted by Crippen LogP contribution is 2.24. The van der Waals surface area contributed by atoms with Crippen LogP contribution in [-0.4, -0.2) is 30.0 Å². The van der Waals surface area contributed by atoms with Gasteiger partial charge < -0.3 is 10.1 Å². The van der Waals surface area contributed by atoms with E-state index in [-0.39, 0.29) is 23.8 Å². The van der Waals surface area contributed by atoms with Crippen LogP contribution in [0.2, 0.25) is 0 Å². The van der Waals surface area contributed by atoms with Crippen molar-refractivity contribution in [2.24, 2.45) is 5.92 Å². The minimum atomic E-state index is -0.211. The molecule has 1 heterocycles. The summed E-state index contributed by atoms with van der Waals surface area (Å²) in [6.45, 7) is 0. The van der Waals surface area contributed by atoms with Gasteiger partial charge in [-0.1, -0.05) is 19.3 Å². The van der Waals surface area contributed by atoms with Gasteiger partial charge in [-0.05, 0) is 37.0 Å². The molecule has 0 radical (unpaired) electrons. The monoisotopic (exact) mass is 304 g/mol. The summed E-state index contributed by atoms with van der Waals surface area (Å²) in [4.78, 5) is 28.0. The van der Waals surface area contributed by atoms with Crippen LogP contribution in [0.3, 0.4) is 0 Å². The Balaban J connectivity index is 1.88. The van der Waals surface area contributed by atoms with Gasteiger partial charge in [0.2, 0.25) is 5.91 Å². The van der Waals surface area contributed by atoms with Gasteiger partial charge in [-0.15, -0.1) is 0 Å². The van der Waals surface area contributed by atoms with Crippen molar-refractivity contribution in [3.05, 3.63) is 30.1 Å². The maximum atomic E-state index is 12.2. The Labute approximate surface area is 131 Å². The lowest BCUT2D eigenvalue weighted by molar-refractivity contribution is -0.147. The molecule has 0 unspecified atom stereocenters. The molecule has 0 saturated heterocycles. The number of hydrogen-bond donors (Lipinski definition) is 1. The first kappa shape index (κ1) is 16.5. The normalized spacial score (nSPS) is 21.7. The summed E-state index contributed by atoms with van der Waals surface area (Å²) < 4.78 is 4.89. The van der Waals surface area contributed by atoms with E-state index in [1.165, 1.54) is 7.11 Å². The number of rotatable bonds is 5. The number of hydrogen-bond acceptors (Lipinski definition) is 4. The van der Waals surface area contributed by atoms with Gasteiger partial charge in [0.15, 0.2) is 0 Å². The van der Waals surface area contributed by atoms with Gasteiger partial charge in [0, 0.05) is 24.9 Å². The van der Waals surface area contributed by atoms with Crippen molar-refractivity contribution in [3.63, 3.8) is 0 Å². The molecule has 1 N–H and O–H groups in total. The lowest BCUT2D eigenvalue weighted by atomic mass is 9.94. The molecule has 0 spiro atoms. The number of nitrogens with zero attached hydrogens (tertiary/aromatic N) is 1. The lowest BCUT2D eigenvalue weighted by Crippen LogP contribution is -2.43. The molecule has 1 saturated carbocycles. The number of aromatic nitrogens is 1. The van der Waals surface area contributed by atoms with Gasteiger partial charge >= 0.3 is 5.97 Å². The van der Waals surface area contributed by atoms with E-state index in [0.717, 1.165) is 37.7 Å². The molecule has 2 rings (SSSR count). The number of pyridine rings is 1. The molecule has 1 amide bonds. The standard InChI is InChI=1S/C17H24N2O3/c1-22-17(21)14-5-3-2-4-6-15(14)19-16(20)8-7-13-9-11-18-12-10-13/h9-12,14-15H,2-8H2,1H3,(H,19,20)/t14-,15-/m0/s1. The van der Waals surface area contributed by atoms with Gasteiger partial charge in [-0.25, -0.2) is 0 Å². The smallest absolute Gasteiger partial charge is 0.310 e. The van der Waals surface area contributed by atoms with Crippen LogP contribution in [0.5, 0.6) is 0 Å². The zero-order valence-corrected chi connectivity index (χ0v) is 13.1. The molecule has 1 fully saturated rings. The maximum Gasteiger partial charge on any atom is 0.310 e. The number of carbonyl (C=O) groups excluding carboxylic acids is 2. The molecule has 120 valence electrons. The minimum absolute atomic E-state index is 0.00221. The SMILES string of the molecule is COC(=O)[C@H]1CCCCC[C@@H]1NC(=O)CCc1ccncc1. The van der Waals surface area contributed by atoms with Crippen molar-refractivity contribution in [2.45, 2.75) is 51.0 Å². The van der Waals surface area contributed by atoms with Gasteiger partial charge in [-0.2, -0.15) is 0 Å². The Kier molecular flexibility index (Phi) is 6.37.